The Hall–Kier alpha value is -2.17. The first kappa shape index (κ1) is 15.2. The molecule has 0 atom stereocenters. The van der Waals surface area contributed by atoms with Crippen molar-refractivity contribution in [3.05, 3.63) is 82.7 Å². The first-order chi connectivity index (χ1) is 10.0. The summed E-state index contributed by atoms with van der Waals surface area (Å²) in [7, 11) is 0. The minimum absolute atomic E-state index is 0.362. The Bertz CT molecular complexity index is 633. The molecule has 21 heavy (non-hydrogen) atoms. The van der Waals surface area contributed by atoms with Crippen molar-refractivity contribution in [3.8, 4) is 0 Å². The maximum atomic E-state index is 13.4. The van der Waals surface area contributed by atoms with E-state index >= 15 is 0 Å². The summed E-state index contributed by atoms with van der Waals surface area (Å²) in [6.45, 7) is 0. The first-order valence-corrected chi connectivity index (χ1v) is 6.21. The molecule has 5 heteroatoms. The molecule has 2 aromatic carbocycles. The zero-order valence-corrected chi connectivity index (χ0v) is 10.8. The molecule has 0 aromatic heterocycles. The van der Waals surface area contributed by atoms with Crippen LogP contribution in [-0.4, -0.2) is 0 Å². The highest BCUT2D eigenvalue weighted by Crippen LogP contribution is 2.23. The van der Waals surface area contributed by atoms with Crippen molar-refractivity contribution in [3.63, 3.8) is 0 Å². The third-order valence-corrected chi connectivity index (χ3v) is 2.99. The third-order valence-electron chi connectivity index (χ3n) is 2.99. The van der Waals surface area contributed by atoms with Crippen LogP contribution in [0.5, 0.6) is 0 Å². The predicted octanol–water partition coefficient (Wildman–Crippen LogP) is 4.72. The van der Waals surface area contributed by atoms with E-state index in [2.05, 4.69) is 0 Å². The summed E-state index contributed by atoms with van der Waals surface area (Å²) < 4.78 is 65.6. The van der Waals surface area contributed by atoms with Crippen LogP contribution in [0.15, 0.2) is 42.5 Å². The van der Waals surface area contributed by atoms with Gasteiger partial charge in [0.1, 0.15) is 0 Å². The molecule has 0 saturated carbocycles. The lowest BCUT2D eigenvalue weighted by molar-refractivity contribution is 0.371. The fourth-order valence-corrected chi connectivity index (χ4v) is 1.86. The molecule has 0 fully saturated rings. The van der Waals surface area contributed by atoms with Crippen molar-refractivity contribution in [2.24, 2.45) is 0 Å². The zero-order chi connectivity index (χ0) is 15.4. The normalized spacial score (nSPS) is 11.3. The van der Waals surface area contributed by atoms with Crippen molar-refractivity contribution in [2.75, 3.05) is 0 Å². The van der Waals surface area contributed by atoms with Gasteiger partial charge < -0.3 is 0 Å². The molecule has 2 rings (SSSR count). The van der Waals surface area contributed by atoms with Gasteiger partial charge in [0.2, 0.25) is 5.82 Å². The predicted molar refractivity (Wildman–Crippen MR) is 69.2 cm³/mol. The van der Waals surface area contributed by atoms with E-state index in [4.69, 9.17) is 0 Å². The standard InChI is InChI=1S/C16H11F5/c17-12-11(13(18)15(20)16(21)14(12)19)9-5-4-8-10-6-2-1-3-7-10/h1-7H,8-9H2/b5-4+. The van der Waals surface area contributed by atoms with Gasteiger partial charge in [0.15, 0.2) is 23.3 Å². The maximum Gasteiger partial charge on any atom is 0.200 e. The molecule has 0 amide bonds. The van der Waals surface area contributed by atoms with Crippen molar-refractivity contribution >= 4 is 0 Å². The molecule has 0 saturated heterocycles. The number of hydrogen-bond acceptors (Lipinski definition) is 0. The molecule has 0 aliphatic heterocycles. The number of allylic oxidation sites excluding steroid dienone is 2. The number of benzene rings is 2. The summed E-state index contributed by atoms with van der Waals surface area (Å²) in [6, 6.07) is 9.26. The smallest absolute Gasteiger partial charge is 0.200 e. The van der Waals surface area contributed by atoms with E-state index < -0.39 is 34.6 Å². The van der Waals surface area contributed by atoms with Crippen LogP contribution < -0.4 is 0 Å². The summed E-state index contributed by atoms with van der Waals surface area (Å²) in [6.07, 6.45) is 3.15. The molecular formula is C16H11F5. The SMILES string of the molecule is Fc1c(F)c(F)c(C/C=C/Cc2ccccc2)c(F)c1F. The molecule has 0 heterocycles. The summed E-state index contributed by atoms with van der Waals surface area (Å²) in [5.41, 5.74) is 0.155. The van der Waals surface area contributed by atoms with Gasteiger partial charge in [-0.05, 0) is 18.4 Å². The molecule has 0 radical (unpaired) electrons. The second-order valence-corrected chi connectivity index (χ2v) is 4.41. The Morgan fingerprint density at radius 3 is 1.67 bits per heavy atom. The summed E-state index contributed by atoms with van der Waals surface area (Å²) in [5, 5.41) is 0. The highest BCUT2D eigenvalue weighted by Gasteiger charge is 2.24. The molecule has 110 valence electrons. The Morgan fingerprint density at radius 2 is 1.10 bits per heavy atom. The minimum atomic E-state index is -2.14. The Labute approximate surface area is 118 Å². The van der Waals surface area contributed by atoms with Gasteiger partial charge in [0.25, 0.3) is 0 Å². The molecule has 0 unspecified atom stereocenters. The Morgan fingerprint density at radius 1 is 0.619 bits per heavy atom. The molecule has 0 aliphatic carbocycles. The summed E-state index contributed by atoms with van der Waals surface area (Å²) in [4.78, 5) is 0. The molecule has 0 aliphatic rings. The molecular weight excluding hydrogens is 287 g/mol. The van der Waals surface area contributed by atoms with E-state index in [0.717, 1.165) is 5.56 Å². The van der Waals surface area contributed by atoms with Crippen LogP contribution >= 0.6 is 0 Å². The van der Waals surface area contributed by atoms with E-state index in [1.165, 1.54) is 6.08 Å². The van der Waals surface area contributed by atoms with Gasteiger partial charge in [0.05, 0.1) is 0 Å². The van der Waals surface area contributed by atoms with Crippen LogP contribution in [0.2, 0.25) is 0 Å². The van der Waals surface area contributed by atoms with Crippen molar-refractivity contribution in [2.45, 2.75) is 12.8 Å². The van der Waals surface area contributed by atoms with Gasteiger partial charge in [-0.25, -0.2) is 22.0 Å². The first-order valence-electron chi connectivity index (χ1n) is 6.21. The fraction of sp³-hybridized carbons (Fsp3) is 0.125. The van der Waals surface area contributed by atoms with Crippen LogP contribution in [0, 0.1) is 29.1 Å². The van der Waals surface area contributed by atoms with Crippen LogP contribution in [0.4, 0.5) is 22.0 Å². The Kier molecular flexibility index (Phi) is 4.73. The van der Waals surface area contributed by atoms with Gasteiger partial charge in [-0.15, -0.1) is 0 Å². The van der Waals surface area contributed by atoms with Crippen LogP contribution in [0.1, 0.15) is 11.1 Å². The van der Waals surface area contributed by atoms with Crippen LogP contribution in [0.25, 0.3) is 0 Å². The average molecular weight is 298 g/mol. The van der Waals surface area contributed by atoms with Crippen molar-refractivity contribution < 1.29 is 22.0 Å². The van der Waals surface area contributed by atoms with Crippen LogP contribution in [0.3, 0.4) is 0 Å². The molecule has 0 N–H and O–H groups in total. The van der Waals surface area contributed by atoms with E-state index in [9.17, 15) is 22.0 Å². The second-order valence-electron chi connectivity index (χ2n) is 4.41. The number of rotatable bonds is 4. The topological polar surface area (TPSA) is 0 Å². The highest BCUT2D eigenvalue weighted by atomic mass is 19.2. The van der Waals surface area contributed by atoms with Gasteiger partial charge in [0, 0.05) is 5.56 Å². The molecule has 0 nitrogen and oxygen atoms in total. The minimum Gasteiger partial charge on any atom is -0.203 e. The van der Waals surface area contributed by atoms with E-state index in [-0.39, 0.29) is 6.42 Å². The lowest BCUT2D eigenvalue weighted by Crippen LogP contribution is -2.06. The number of hydrogen-bond donors (Lipinski definition) is 0. The van der Waals surface area contributed by atoms with E-state index in [0.29, 0.717) is 6.42 Å². The number of halogens is 5. The summed E-state index contributed by atoms with van der Waals surface area (Å²) in [5.74, 6) is -9.53. The van der Waals surface area contributed by atoms with Gasteiger partial charge in [-0.1, -0.05) is 42.5 Å². The summed E-state index contributed by atoms with van der Waals surface area (Å²) >= 11 is 0. The second kappa shape index (κ2) is 6.52. The lowest BCUT2D eigenvalue weighted by Gasteiger charge is -2.05. The lowest BCUT2D eigenvalue weighted by atomic mass is 10.1. The largest absolute Gasteiger partial charge is 0.203 e. The van der Waals surface area contributed by atoms with Gasteiger partial charge >= 0.3 is 0 Å². The molecule has 0 bridgehead atoms. The van der Waals surface area contributed by atoms with Crippen LogP contribution in [-0.2, 0) is 12.8 Å². The van der Waals surface area contributed by atoms with Gasteiger partial charge in [-0.3, -0.25) is 0 Å². The maximum absolute atomic E-state index is 13.4. The highest BCUT2D eigenvalue weighted by molar-refractivity contribution is 5.26. The van der Waals surface area contributed by atoms with Crippen molar-refractivity contribution in [1.29, 1.82) is 0 Å². The molecule has 2 aromatic rings. The van der Waals surface area contributed by atoms with E-state index in [1.54, 1.807) is 6.08 Å². The Balaban J connectivity index is 2.14. The quantitative estimate of drug-likeness (QED) is 0.331. The van der Waals surface area contributed by atoms with Crippen molar-refractivity contribution in [1.82, 2.24) is 0 Å². The van der Waals surface area contributed by atoms with E-state index in [1.807, 2.05) is 30.3 Å². The third kappa shape index (κ3) is 3.29. The average Bonchev–Trinajstić information content (AvgIpc) is 2.51. The molecule has 0 spiro atoms. The fourth-order valence-electron chi connectivity index (χ4n) is 1.86. The van der Waals surface area contributed by atoms with Gasteiger partial charge in [-0.2, -0.15) is 0 Å². The zero-order valence-electron chi connectivity index (χ0n) is 10.8. The monoisotopic (exact) mass is 298 g/mol.